The molecular weight excluding hydrogens is 390 g/mol. The zero-order valence-corrected chi connectivity index (χ0v) is 18.0. The van der Waals surface area contributed by atoms with Crippen LogP contribution in [0.15, 0.2) is 42.0 Å². The fourth-order valence-corrected chi connectivity index (χ4v) is 3.49. The fourth-order valence-electron chi connectivity index (χ4n) is 3.18. The van der Waals surface area contributed by atoms with E-state index in [-0.39, 0.29) is 29.7 Å². The molecule has 0 saturated carbocycles. The average molecular weight is 420 g/mol. The summed E-state index contributed by atoms with van der Waals surface area (Å²) < 4.78 is 10.3. The van der Waals surface area contributed by atoms with Crippen LogP contribution in [0.1, 0.15) is 39.2 Å². The van der Waals surface area contributed by atoms with E-state index in [1.807, 2.05) is 37.3 Å². The van der Waals surface area contributed by atoms with Crippen LogP contribution in [0.25, 0.3) is 0 Å². The number of esters is 1. The number of thiocarbonyl (C=S) groups is 1. The summed E-state index contributed by atoms with van der Waals surface area (Å²) in [6.45, 7) is 5.55. The number of amides is 1. The van der Waals surface area contributed by atoms with Crippen LogP contribution < -0.4 is 0 Å². The lowest BCUT2D eigenvalue weighted by Gasteiger charge is -2.27. The number of rotatable bonds is 9. The summed E-state index contributed by atoms with van der Waals surface area (Å²) in [5, 5.41) is 10.7. The molecule has 0 spiro atoms. The van der Waals surface area contributed by atoms with Crippen molar-refractivity contribution in [1.29, 1.82) is 0 Å². The van der Waals surface area contributed by atoms with E-state index in [2.05, 4.69) is 0 Å². The highest BCUT2D eigenvalue weighted by Crippen LogP contribution is 2.23. The van der Waals surface area contributed by atoms with Gasteiger partial charge in [-0.25, -0.2) is 0 Å². The van der Waals surface area contributed by atoms with Crippen molar-refractivity contribution in [2.24, 2.45) is 5.92 Å². The number of aliphatic hydroxyl groups is 1. The van der Waals surface area contributed by atoms with E-state index >= 15 is 0 Å². The lowest BCUT2D eigenvalue weighted by Crippen LogP contribution is -2.45. The van der Waals surface area contributed by atoms with Gasteiger partial charge in [0.25, 0.3) is 5.17 Å². The molecule has 2 rings (SSSR count). The quantitative estimate of drug-likeness (QED) is 0.377. The minimum atomic E-state index is -0.805. The van der Waals surface area contributed by atoms with E-state index in [1.54, 1.807) is 13.0 Å². The first-order valence-corrected chi connectivity index (χ1v) is 10.2. The number of allylic oxidation sites excluding steroid dienone is 1. The zero-order chi connectivity index (χ0) is 21.4. The normalized spacial score (nSPS) is 18.9. The van der Waals surface area contributed by atoms with Crippen LogP contribution in [0.2, 0.25) is 0 Å². The van der Waals surface area contributed by atoms with Gasteiger partial charge in [0, 0.05) is 6.92 Å². The van der Waals surface area contributed by atoms with E-state index in [0.717, 1.165) is 11.1 Å². The summed E-state index contributed by atoms with van der Waals surface area (Å²) in [5.74, 6) is -1.15. The number of hydrogen-bond acceptors (Lipinski definition) is 6. The zero-order valence-electron chi connectivity index (χ0n) is 17.2. The van der Waals surface area contributed by atoms with Crippen LogP contribution in [0.4, 0.5) is 0 Å². The van der Waals surface area contributed by atoms with Crippen LogP contribution in [-0.2, 0) is 25.5 Å². The van der Waals surface area contributed by atoms with E-state index in [4.69, 9.17) is 21.7 Å². The summed E-state index contributed by atoms with van der Waals surface area (Å²) in [4.78, 5) is 25.3. The van der Waals surface area contributed by atoms with Crippen molar-refractivity contribution in [3.8, 4) is 0 Å². The third-order valence-corrected chi connectivity index (χ3v) is 5.35. The van der Waals surface area contributed by atoms with Gasteiger partial charge >= 0.3 is 5.97 Å². The van der Waals surface area contributed by atoms with E-state index in [0.29, 0.717) is 25.9 Å². The molecule has 1 aromatic rings. The minimum Gasteiger partial charge on any atom is -0.468 e. The molecule has 6 nitrogen and oxygen atoms in total. The van der Waals surface area contributed by atoms with E-state index < -0.39 is 12.0 Å². The molecule has 1 saturated heterocycles. The highest BCUT2D eigenvalue weighted by atomic mass is 32.1. The van der Waals surface area contributed by atoms with E-state index in [1.165, 1.54) is 11.8 Å². The van der Waals surface area contributed by atoms with Crippen LogP contribution in [0.3, 0.4) is 0 Å². The molecule has 7 heteroatoms. The molecule has 1 N–H and O–H groups in total. The highest BCUT2D eigenvalue weighted by Gasteiger charge is 2.38. The molecule has 3 atom stereocenters. The van der Waals surface area contributed by atoms with Crippen LogP contribution >= 0.6 is 12.2 Å². The first-order chi connectivity index (χ1) is 13.8. The van der Waals surface area contributed by atoms with Crippen molar-refractivity contribution < 1.29 is 24.2 Å². The second-order valence-corrected chi connectivity index (χ2v) is 7.73. The van der Waals surface area contributed by atoms with Crippen LogP contribution in [0.5, 0.6) is 0 Å². The number of nitrogens with zero attached hydrogens (tertiary/aromatic N) is 1. The lowest BCUT2D eigenvalue weighted by molar-refractivity contribution is -0.139. The van der Waals surface area contributed by atoms with E-state index in [9.17, 15) is 14.7 Å². The number of benzene rings is 1. The van der Waals surface area contributed by atoms with Gasteiger partial charge in [-0.1, -0.05) is 42.8 Å². The molecule has 1 amide bonds. The predicted octanol–water partition coefficient (Wildman–Crippen LogP) is 3.03. The fraction of sp³-hybridized carbons (Fsp3) is 0.500. The molecule has 0 aromatic heterocycles. The Morgan fingerprint density at radius 3 is 2.69 bits per heavy atom. The third-order valence-electron chi connectivity index (χ3n) is 5.03. The summed E-state index contributed by atoms with van der Waals surface area (Å²) in [6, 6.07) is 9.71. The second-order valence-electron chi connectivity index (χ2n) is 7.38. The average Bonchev–Trinajstić information content (AvgIpc) is 3.05. The summed E-state index contributed by atoms with van der Waals surface area (Å²) in [7, 11) is 0. The van der Waals surface area contributed by atoms with Gasteiger partial charge in [-0.15, -0.1) is 0 Å². The van der Waals surface area contributed by atoms with Crippen molar-refractivity contribution in [1.82, 2.24) is 4.90 Å². The lowest BCUT2D eigenvalue weighted by atomic mass is 9.96. The molecule has 1 aromatic carbocycles. The smallest absolute Gasteiger partial charge is 0.302 e. The maximum absolute atomic E-state index is 13.0. The van der Waals surface area contributed by atoms with Gasteiger partial charge in [-0.2, -0.15) is 0 Å². The number of ether oxygens (including phenoxy) is 2. The van der Waals surface area contributed by atoms with Crippen molar-refractivity contribution in [3.63, 3.8) is 0 Å². The SMILES string of the molecule is CC(=O)OC/C=C(/C)CC[C@H](O)[C@@H](C)C(=O)N1C(=S)OC[C@@H]1Cc1ccccc1. The Hall–Kier alpha value is -2.25. The largest absolute Gasteiger partial charge is 0.468 e. The minimum absolute atomic E-state index is 0.169. The Bertz CT molecular complexity index is 749. The van der Waals surface area contributed by atoms with Gasteiger partial charge in [-0.3, -0.25) is 14.5 Å². The first kappa shape index (κ1) is 23.0. The molecule has 0 radical (unpaired) electrons. The van der Waals surface area contributed by atoms with Gasteiger partial charge in [0.1, 0.15) is 13.2 Å². The molecular formula is C22H29NO5S. The summed E-state index contributed by atoms with van der Waals surface area (Å²) in [5.41, 5.74) is 2.09. The molecule has 1 fully saturated rings. The predicted molar refractivity (Wildman–Crippen MR) is 114 cm³/mol. The van der Waals surface area contributed by atoms with Gasteiger partial charge in [0.15, 0.2) is 0 Å². The van der Waals surface area contributed by atoms with Gasteiger partial charge in [0.05, 0.1) is 18.1 Å². The molecule has 1 aliphatic rings. The third kappa shape index (κ3) is 6.94. The monoisotopic (exact) mass is 419 g/mol. The van der Waals surface area contributed by atoms with Crippen molar-refractivity contribution in [3.05, 3.63) is 47.5 Å². The van der Waals surface area contributed by atoms with Gasteiger partial charge in [0.2, 0.25) is 5.91 Å². The Balaban J connectivity index is 1.92. The van der Waals surface area contributed by atoms with Gasteiger partial charge < -0.3 is 14.6 Å². The van der Waals surface area contributed by atoms with Crippen molar-refractivity contribution in [2.45, 2.75) is 52.2 Å². The summed E-state index contributed by atoms with van der Waals surface area (Å²) in [6.07, 6.45) is 2.68. The Labute approximate surface area is 177 Å². The Morgan fingerprint density at radius 2 is 2.03 bits per heavy atom. The standard InChI is InChI=1S/C22H29NO5S/c1-15(11-12-27-17(3)24)9-10-20(25)16(2)21(26)23-19(14-28-22(23)29)13-18-7-5-4-6-8-18/h4-8,11,16,19-20,25H,9-10,12-14H2,1-3H3/b15-11-/t16-,19+,20+/m1/s1. The molecule has 1 aliphatic heterocycles. The second kappa shape index (κ2) is 11.1. The molecule has 0 bridgehead atoms. The number of carbonyl (C=O) groups excluding carboxylic acids is 2. The Kier molecular flexibility index (Phi) is 8.79. The maximum Gasteiger partial charge on any atom is 0.302 e. The molecule has 0 aliphatic carbocycles. The molecule has 0 unspecified atom stereocenters. The maximum atomic E-state index is 13.0. The van der Waals surface area contributed by atoms with Gasteiger partial charge in [-0.05, 0) is 50.0 Å². The summed E-state index contributed by atoms with van der Waals surface area (Å²) >= 11 is 5.24. The number of aliphatic hydroxyl groups excluding tert-OH is 1. The highest BCUT2D eigenvalue weighted by molar-refractivity contribution is 7.80. The first-order valence-electron chi connectivity index (χ1n) is 9.80. The topological polar surface area (TPSA) is 76.1 Å². The van der Waals surface area contributed by atoms with Crippen molar-refractivity contribution >= 4 is 29.3 Å². The molecule has 158 valence electrons. The molecule has 1 heterocycles. The Morgan fingerprint density at radius 1 is 1.34 bits per heavy atom. The number of hydrogen-bond donors (Lipinski definition) is 1. The number of carbonyl (C=O) groups is 2. The van der Waals surface area contributed by atoms with Crippen LogP contribution in [-0.4, -0.2) is 52.4 Å². The van der Waals surface area contributed by atoms with Crippen molar-refractivity contribution in [2.75, 3.05) is 13.2 Å². The molecule has 29 heavy (non-hydrogen) atoms. The van der Waals surface area contributed by atoms with Crippen LogP contribution in [0, 0.1) is 5.92 Å².